The minimum atomic E-state index is -2.91. The third kappa shape index (κ3) is 4.36. The van der Waals surface area contributed by atoms with Crippen LogP contribution in [0.25, 0.3) is 0 Å². The first-order valence-corrected chi connectivity index (χ1v) is 5.01. The number of halogens is 2. The van der Waals surface area contributed by atoms with Crippen LogP contribution in [0.5, 0.6) is 5.75 Å². The Hall–Kier alpha value is -2.18. The Balaban J connectivity index is 2.69. The second-order valence-electron chi connectivity index (χ2n) is 3.31. The molecule has 1 aromatic carbocycles. The van der Waals surface area contributed by atoms with E-state index in [9.17, 15) is 18.4 Å². The lowest BCUT2D eigenvalue weighted by Crippen LogP contribution is -2.24. The van der Waals surface area contributed by atoms with E-state index in [0.29, 0.717) is 12.1 Å². The van der Waals surface area contributed by atoms with Crippen LogP contribution in [0.1, 0.15) is 6.42 Å². The Kier molecular flexibility index (Phi) is 5.04. The van der Waals surface area contributed by atoms with Crippen LogP contribution in [-0.4, -0.2) is 30.6 Å². The summed E-state index contributed by atoms with van der Waals surface area (Å²) >= 11 is 0. The fraction of sp³-hybridized carbons (Fsp3) is 0.273. The number of alkyl halides is 2. The van der Waals surface area contributed by atoms with Gasteiger partial charge < -0.3 is 14.7 Å². The predicted molar refractivity (Wildman–Crippen MR) is 58.7 cm³/mol. The molecule has 0 aliphatic rings. The normalized spacial score (nSPS) is 10.2. The summed E-state index contributed by atoms with van der Waals surface area (Å²) in [6.07, 6.45) is 0.278. The molecule has 0 unspecified atom stereocenters. The minimum absolute atomic E-state index is 0.00782. The van der Waals surface area contributed by atoms with Crippen molar-refractivity contribution in [3.05, 3.63) is 24.3 Å². The average molecular weight is 259 g/mol. The molecule has 0 bridgehead atoms. The highest BCUT2D eigenvalue weighted by molar-refractivity contribution is 5.77. The lowest BCUT2D eigenvalue weighted by atomic mass is 10.2. The summed E-state index contributed by atoms with van der Waals surface area (Å²) in [5.74, 6) is -1.06. The van der Waals surface area contributed by atoms with Crippen molar-refractivity contribution in [1.29, 1.82) is 0 Å². The molecule has 0 spiro atoms. The Bertz CT molecular complexity index is 408. The van der Waals surface area contributed by atoms with Gasteiger partial charge in [0.2, 0.25) is 6.41 Å². The van der Waals surface area contributed by atoms with Crippen LogP contribution in [0.15, 0.2) is 24.3 Å². The Morgan fingerprint density at radius 3 is 2.44 bits per heavy atom. The van der Waals surface area contributed by atoms with E-state index >= 15 is 0 Å². The van der Waals surface area contributed by atoms with Gasteiger partial charge in [-0.2, -0.15) is 8.78 Å². The van der Waals surface area contributed by atoms with Crippen molar-refractivity contribution < 1.29 is 28.2 Å². The number of carbonyl (C=O) groups is 2. The molecule has 0 atom stereocenters. The second kappa shape index (κ2) is 6.53. The van der Waals surface area contributed by atoms with Gasteiger partial charge in [0.1, 0.15) is 5.75 Å². The number of amides is 1. The summed E-state index contributed by atoms with van der Waals surface area (Å²) in [5.41, 5.74) is 0.410. The molecule has 1 aromatic rings. The summed E-state index contributed by atoms with van der Waals surface area (Å²) in [6.45, 7) is -2.90. The summed E-state index contributed by atoms with van der Waals surface area (Å²) in [4.78, 5) is 22.3. The first-order valence-electron chi connectivity index (χ1n) is 5.01. The van der Waals surface area contributed by atoms with Crippen LogP contribution in [0, 0.1) is 0 Å². The van der Waals surface area contributed by atoms with E-state index < -0.39 is 12.6 Å². The molecule has 1 N–H and O–H groups in total. The highest BCUT2D eigenvalue weighted by Crippen LogP contribution is 2.20. The molecule has 0 aliphatic carbocycles. The van der Waals surface area contributed by atoms with E-state index in [1.54, 1.807) is 0 Å². The molecule has 0 aromatic heterocycles. The second-order valence-corrected chi connectivity index (χ2v) is 3.31. The summed E-state index contributed by atoms with van der Waals surface area (Å²) < 4.78 is 27.9. The van der Waals surface area contributed by atoms with Gasteiger partial charge in [0, 0.05) is 12.2 Å². The van der Waals surface area contributed by atoms with Crippen molar-refractivity contribution in [2.45, 2.75) is 13.0 Å². The Morgan fingerprint density at radius 2 is 2.00 bits per heavy atom. The predicted octanol–water partition coefficient (Wildman–Crippen LogP) is 1.73. The van der Waals surface area contributed by atoms with Gasteiger partial charge in [-0.3, -0.25) is 9.59 Å². The van der Waals surface area contributed by atoms with Gasteiger partial charge in [0.25, 0.3) is 0 Å². The van der Waals surface area contributed by atoms with Crippen molar-refractivity contribution in [2.24, 2.45) is 0 Å². The molecule has 0 saturated carbocycles. The van der Waals surface area contributed by atoms with E-state index in [1.807, 2.05) is 0 Å². The molecule has 7 heteroatoms. The molecule has 0 saturated heterocycles. The van der Waals surface area contributed by atoms with E-state index in [1.165, 1.54) is 29.2 Å². The first-order chi connectivity index (χ1) is 8.52. The number of carboxylic acids is 1. The van der Waals surface area contributed by atoms with Crippen LogP contribution < -0.4 is 9.64 Å². The number of ether oxygens (including phenoxy) is 1. The van der Waals surface area contributed by atoms with Gasteiger partial charge >= 0.3 is 12.6 Å². The smallest absolute Gasteiger partial charge is 0.387 e. The number of benzene rings is 1. The maximum absolute atomic E-state index is 11.9. The van der Waals surface area contributed by atoms with Crippen molar-refractivity contribution in [1.82, 2.24) is 0 Å². The molecule has 1 rings (SSSR count). The Morgan fingerprint density at radius 1 is 1.39 bits per heavy atom. The standard InChI is InChI=1S/C11H11F2NO4/c12-11(13)18-9-3-1-8(2-4-9)14(7-15)6-5-10(16)17/h1-4,7,11H,5-6H2,(H,16,17). The van der Waals surface area contributed by atoms with E-state index in [2.05, 4.69) is 4.74 Å². The van der Waals surface area contributed by atoms with Crippen molar-refractivity contribution in [3.8, 4) is 5.75 Å². The molecule has 98 valence electrons. The zero-order valence-electron chi connectivity index (χ0n) is 9.25. The zero-order chi connectivity index (χ0) is 13.5. The maximum atomic E-state index is 11.9. The minimum Gasteiger partial charge on any atom is -0.481 e. The number of carboxylic acid groups (broad SMARTS) is 1. The number of aliphatic carboxylic acids is 1. The quantitative estimate of drug-likeness (QED) is 0.757. The topological polar surface area (TPSA) is 66.8 Å². The number of carbonyl (C=O) groups excluding carboxylic acids is 1. The summed E-state index contributed by atoms with van der Waals surface area (Å²) in [7, 11) is 0. The zero-order valence-corrected chi connectivity index (χ0v) is 9.25. The van der Waals surface area contributed by atoms with Gasteiger partial charge in [-0.25, -0.2) is 0 Å². The van der Waals surface area contributed by atoms with Gasteiger partial charge in [-0.1, -0.05) is 0 Å². The number of anilines is 1. The SMILES string of the molecule is O=CN(CCC(=O)O)c1ccc(OC(F)F)cc1. The van der Waals surface area contributed by atoms with Crippen LogP contribution >= 0.6 is 0 Å². The van der Waals surface area contributed by atoms with Crippen molar-refractivity contribution >= 4 is 18.1 Å². The maximum Gasteiger partial charge on any atom is 0.387 e. The largest absolute Gasteiger partial charge is 0.481 e. The highest BCUT2D eigenvalue weighted by Gasteiger charge is 2.09. The fourth-order valence-electron chi connectivity index (χ4n) is 1.28. The van der Waals surface area contributed by atoms with Crippen molar-refractivity contribution in [3.63, 3.8) is 0 Å². The van der Waals surface area contributed by atoms with Gasteiger partial charge in [-0.15, -0.1) is 0 Å². The molecule has 0 fully saturated rings. The average Bonchev–Trinajstić information content (AvgIpc) is 2.31. The summed E-state index contributed by atoms with van der Waals surface area (Å²) in [5, 5.41) is 8.50. The number of rotatable bonds is 7. The molecule has 1 amide bonds. The van der Waals surface area contributed by atoms with Gasteiger partial charge in [0.15, 0.2) is 0 Å². The number of nitrogens with zero attached hydrogens (tertiary/aromatic N) is 1. The highest BCUT2D eigenvalue weighted by atomic mass is 19.3. The monoisotopic (exact) mass is 259 g/mol. The Labute approximate surface area is 102 Å². The van der Waals surface area contributed by atoms with Gasteiger partial charge in [0.05, 0.1) is 6.42 Å². The molecule has 5 nitrogen and oxygen atoms in total. The van der Waals surface area contributed by atoms with E-state index in [4.69, 9.17) is 5.11 Å². The van der Waals surface area contributed by atoms with Crippen LogP contribution in [0.4, 0.5) is 14.5 Å². The molecule has 18 heavy (non-hydrogen) atoms. The lowest BCUT2D eigenvalue weighted by molar-refractivity contribution is -0.136. The molecule has 0 radical (unpaired) electrons. The summed E-state index contributed by atoms with van der Waals surface area (Å²) in [6, 6.07) is 5.35. The lowest BCUT2D eigenvalue weighted by Gasteiger charge is -2.16. The van der Waals surface area contributed by atoms with Crippen LogP contribution in [0.2, 0.25) is 0 Å². The molecule has 0 aliphatic heterocycles. The molecular weight excluding hydrogens is 248 g/mol. The van der Waals surface area contributed by atoms with Crippen LogP contribution in [-0.2, 0) is 9.59 Å². The molecule has 0 heterocycles. The number of hydrogen-bond donors (Lipinski definition) is 1. The van der Waals surface area contributed by atoms with Crippen LogP contribution in [0.3, 0.4) is 0 Å². The van der Waals surface area contributed by atoms with E-state index in [-0.39, 0.29) is 18.7 Å². The number of hydrogen-bond acceptors (Lipinski definition) is 3. The molecular formula is C11H11F2NO4. The van der Waals surface area contributed by atoms with Crippen molar-refractivity contribution in [2.75, 3.05) is 11.4 Å². The fourth-order valence-corrected chi connectivity index (χ4v) is 1.28. The van der Waals surface area contributed by atoms with E-state index in [0.717, 1.165) is 0 Å². The third-order valence-electron chi connectivity index (χ3n) is 2.09. The first kappa shape index (κ1) is 13.9. The third-order valence-corrected chi connectivity index (χ3v) is 2.09. The van der Waals surface area contributed by atoms with Gasteiger partial charge in [-0.05, 0) is 24.3 Å².